The van der Waals surface area contributed by atoms with Crippen molar-refractivity contribution in [2.24, 2.45) is 0 Å². The van der Waals surface area contributed by atoms with Gasteiger partial charge in [0.15, 0.2) is 30.8 Å². The highest BCUT2D eigenvalue weighted by atomic mass is 32.2. The fraction of sp³-hybridized carbons (Fsp3) is 0.250. The molecule has 2 aromatic carbocycles. The van der Waals surface area contributed by atoms with Gasteiger partial charge in [-0.25, -0.2) is 8.42 Å². The quantitative estimate of drug-likeness (QED) is 0.293. The normalized spacial score (nSPS) is 12.5. The van der Waals surface area contributed by atoms with Crippen LogP contribution in [0.15, 0.2) is 58.3 Å². The molecule has 0 heterocycles. The second kappa shape index (κ2) is 8.53. The van der Waals surface area contributed by atoms with Crippen LogP contribution in [0, 0.1) is 13.8 Å². The van der Waals surface area contributed by atoms with Gasteiger partial charge in [0.05, 0.1) is 0 Å². The first-order valence-corrected chi connectivity index (χ1v) is 9.73. The number of rotatable bonds is 2. The van der Waals surface area contributed by atoms with Crippen LogP contribution >= 0.6 is 0 Å². The van der Waals surface area contributed by atoms with Crippen molar-refractivity contribution in [3.8, 4) is 0 Å². The lowest BCUT2D eigenvalue weighted by molar-refractivity contribution is -0.0518. The van der Waals surface area contributed by atoms with Crippen molar-refractivity contribution in [2.45, 2.75) is 34.7 Å². The Morgan fingerprint density at radius 1 is 0.741 bits per heavy atom. The summed E-state index contributed by atoms with van der Waals surface area (Å²) in [6, 6.07) is 13.1. The third-order valence-corrected chi connectivity index (χ3v) is 5.55. The second-order valence-corrected chi connectivity index (χ2v) is 8.67. The molecule has 0 aliphatic heterocycles. The lowest BCUT2D eigenvalue weighted by atomic mass is 10.2. The van der Waals surface area contributed by atoms with Crippen LogP contribution in [0.4, 0.5) is 26.3 Å². The molecule has 0 unspecified atom stereocenters. The van der Waals surface area contributed by atoms with E-state index in [4.69, 9.17) is 13.0 Å². The smallest absolute Gasteiger partial charge is 0.586 e. The van der Waals surface area contributed by atoms with Crippen molar-refractivity contribution in [3.63, 3.8) is 0 Å². The molecule has 11 heteroatoms. The highest BCUT2D eigenvalue weighted by Gasteiger charge is 2.54. The number of hydrogen-bond acceptors (Lipinski definition) is 3. The minimum atomic E-state index is -6.09. The molecule has 0 aromatic heterocycles. The molecule has 0 N–H and O–H groups in total. The average molecular weight is 432 g/mol. The van der Waals surface area contributed by atoms with E-state index in [2.05, 4.69) is 0 Å². The number of halogens is 6. The molecule has 0 bridgehead atoms. The lowest BCUT2D eigenvalue weighted by Crippen LogP contribution is -2.24. The summed E-state index contributed by atoms with van der Waals surface area (Å²) in [7, 11) is -7.98. The summed E-state index contributed by atoms with van der Waals surface area (Å²) < 4.78 is 98.8. The lowest BCUT2D eigenvalue weighted by Gasteiger charge is -2.10. The van der Waals surface area contributed by atoms with Gasteiger partial charge in [0.2, 0.25) is 0 Å². The molecule has 27 heavy (non-hydrogen) atoms. The highest BCUT2D eigenvalue weighted by molar-refractivity contribution is 7.97. The maximum absolute atomic E-state index is 13.3. The topological polar surface area (TPSA) is 57.2 Å². The number of aryl methyl sites for hydroxylation is 2. The van der Waals surface area contributed by atoms with Crippen LogP contribution in [0.3, 0.4) is 0 Å². The molecule has 2 aromatic rings. The molecule has 0 saturated heterocycles. The number of hydrogen-bond donors (Lipinski definition) is 0. The Bertz CT molecular complexity index is 796. The van der Waals surface area contributed by atoms with E-state index in [1.54, 1.807) is 48.5 Å². The fourth-order valence-corrected chi connectivity index (χ4v) is 3.38. The van der Waals surface area contributed by atoms with Crippen LogP contribution in [-0.2, 0) is 21.0 Å². The zero-order valence-corrected chi connectivity index (χ0v) is 15.6. The van der Waals surface area contributed by atoms with Crippen molar-refractivity contribution in [1.29, 1.82) is 0 Å². The summed E-state index contributed by atoms with van der Waals surface area (Å²) in [6.45, 7) is 3.72. The Kier molecular flexibility index (Phi) is 7.37. The second-order valence-electron chi connectivity index (χ2n) is 5.28. The molecule has 0 aliphatic carbocycles. The first kappa shape index (κ1) is 23.3. The van der Waals surface area contributed by atoms with Gasteiger partial charge < -0.3 is 4.55 Å². The Labute approximate surface area is 155 Å². The predicted octanol–water partition coefficient (Wildman–Crippen LogP) is 4.91. The van der Waals surface area contributed by atoms with Crippen LogP contribution in [-0.4, -0.2) is 24.0 Å². The SMILES string of the molecule is Cc1ccc([S+](c2ccc(C)cc2)C(F)(F)F)cc1.O=S(=O)([O-])C(F)(F)F. The Hall–Kier alpha value is -1.72. The summed E-state index contributed by atoms with van der Waals surface area (Å²) >= 11 is 0. The Morgan fingerprint density at radius 3 is 1.19 bits per heavy atom. The Balaban J connectivity index is 0.000000387. The average Bonchev–Trinajstić information content (AvgIpc) is 2.49. The van der Waals surface area contributed by atoms with Crippen molar-refractivity contribution < 1.29 is 39.3 Å². The van der Waals surface area contributed by atoms with Crippen LogP contribution in [0.5, 0.6) is 0 Å². The molecule has 0 fully saturated rings. The molecule has 0 saturated carbocycles. The van der Waals surface area contributed by atoms with Gasteiger partial charge >= 0.3 is 11.0 Å². The summed E-state index contributed by atoms with van der Waals surface area (Å²) in [5.41, 5.74) is -7.99. The zero-order chi connectivity index (χ0) is 21.0. The van der Waals surface area contributed by atoms with Gasteiger partial charge in [-0.3, -0.25) is 0 Å². The maximum Gasteiger partial charge on any atom is 0.586 e. The Morgan fingerprint density at radius 2 is 1.00 bits per heavy atom. The van der Waals surface area contributed by atoms with Crippen molar-refractivity contribution in [1.82, 2.24) is 0 Å². The monoisotopic (exact) mass is 432 g/mol. The molecule has 0 amide bonds. The molecule has 3 nitrogen and oxygen atoms in total. The van der Waals surface area contributed by atoms with Gasteiger partial charge in [-0.2, -0.15) is 13.2 Å². The predicted molar refractivity (Wildman–Crippen MR) is 88.1 cm³/mol. The first-order chi connectivity index (χ1) is 12.1. The van der Waals surface area contributed by atoms with Gasteiger partial charge in [-0.15, -0.1) is 13.2 Å². The highest BCUT2D eigenvalue weighted by Crippen LogP contribution is 2.38. The summed E-state index contributed by atoms with van der Waals surface area (Å²) in [6.07, 6.45) is 0. The van der Waals surface area contributed by atoms with E-state index in [9.17, 15) is 26.3 Å². The summed E-state index contributed by atoms with van der Waals surface area (Å²) in [5, 5.41) is 0. The number of benzene rings is 2. The molecular weight excluding hydrogens is 418 g/mol. The van der Waals surface area contributed by atoms with E-state index >= 15 is 0 Å². The van der Waals surface area contributed by atoms with E-state index < -0.39 is 32.0 Å². The molecule has 0 atom stereocenters. The molecule has 0 radical (unpaired) electrons. The third kappa shape index (κ3) is 7.07. The van der Waals surface area contributed by atoms with E-state index in [1.807, 2.05) is 13.8 Å². The van der Waals surface area contributed by atoms with Crippen molar-refractivity contribution in [2.75, 3.05) is 0 Å². The molecule has 0 aliphatic rings. The molecular formula is C16H14F6O3S2. The molecule has 150 valence electrons. The minimum absolute atomic E-state index is 0.307. The fourth-order valence-electron chi connectivity index (χ4n) is 1.75. The zero-order valence-electron chi connectivity index (χ0n) is 13.9. The van der Waals surface area contributed by atoms with Crippen molar-refractivity contribution >= 4 is 21.0 Å². The summed E-state index contributed by atoms with van der Waals surface area (Å²) in [4.78, 5) is 0.615. The standard InChI is InChI=1S/C15H14F3S.CHF3O3S/c1-11-3-7-13(8-4-11)19(15(16,17)18)14-9-5-12(2)6-10-14;2-1(3,4)8(5,6)7/h3-10H,1-2H3;(H,5,6,7)/q+1;/p-1. The largest absolute Gasteiger partial charge is 0.741 e. The van der Waals surface area contributed by atoms with Gasteiger partial charge in [0.1, 0.15) is 0 Å². The maximum atomic E-state index is 13.3. The van der Waals surface area contributed by atoms with E-state index in [-0.39, 0.29) is 0 Å². The molecule has 0 spiro atoms. The number of alkyl halides is 6. The van der Waals surface area contributed by atoms with Crippen LogP contribution < -0.4 is 0 Å². The van der Waals surface area contributed by atoms with Crippen LogP contribution in [0.1, 0.15) is 11.1 Å². The van der Waals surface area contributed by atoms with Gasteiger partial charge in [-0.05, 0) is 38.1 Å². The minimum Gasteiger partial charge on any atom is -0.741 e. The third-order valence-electron chi connectivity index (χ3n) is 3.03. The summed E-state index contributed by atoms with van der Waals surface area (Å²) in [5.74, 6) is 0. The van der Waals surface area contributed by atoms with Gasteiger partial charge in [-0.1, -0.05) is 35.4 Å². The van der Waals surface area contributed by atoms with Crippen molar-refractivity contribution in [3.05, 3.63) is 59.7 Å². The van der Waals surface area contributed by atoms with E-state index in [1.165, 1.54) is 0 Å². The molecule has 2 rings (SSSR count). The first-order valence-electron chi connectivity index (χ1n) is 7.09. The van der Waals surface area contributed by atoms with Crippen LogP contribution in [0.25, 0.3) is 0 Å². The van der Waals surface area contributed by atoms with E-state index in [0.717, 1.165) is 11.1 Å². The van der Waals surface area contributed by atoms with Crippen LogP contribution in [0.2, 0.25) is 0 Å². The van der Waals surface area contributed by atoms with Gasteiger partial charge in [0.25, 0.3) is 0 Å². The van der Waals surface area contributed by atoms with Gasteiger partial charge in [0, 0.05) is 0 Å². The van der Waals surface area contributed by atoms with E-state index in [0.29, 0.717) is 9.79 Å².